The van der Waals surface area contributed by atoms with Crippen molar-refractivity contribution in [1.29, 1.82) is 0 Å². The van der Waals surface area contributed by atoms with E-state index in [0.29, 0.717) is 27.6 Å². The molecule has 0 fully saturated rings. The maximum Gasteiger partial charge on any atom is 0.261 e. The van der Waals surface area contributed by atoms with Crippen LogP contribution in [0.15, 0.2) is 95.9 Å². The fourth-order valence-electron chi connectivity index (χ4n) is 3.99. The molecule has 208 valence electrons. The number of hydrogen-bond acceptors (Lipinski definition) is 5. The number of carbonyl (C=O) groups is 1. The van der Waals surface area contributed by atoms with Gasteiger partial charge in [0.25, 0.3) is 15.9 Å². The molecule has 0 aliphatic rings. The molecular formula is C29H28ClN3O5S2. The van der Waals surface area contributed by atoms with Gasteiger partial charge in [0, 0.05) is 16.3 Å². The molecule has 0 radical (unpaired) electrons. The quantitative estimate of drug-likeness (QED) is 0.247. The van der Waals surface area contributed by atoms with E-state index in [9.17, 15) is 21.6 Å². The maximum atomic E-state index is 12.8. The van der Waals surface area contributed by atoms with Crippen molar-refractivity contribution in [3.05, 3.63) is 118 Å². The van der Waals surface area contributed by atoms with Crippen LogP contribution in [0.2, 0.25) is 5.02 Å². The van der Waals surface area contributed by atoms with Crippen molar-refractivity contribution in [3.8, 4) is 0 Å². The van der Waals surface area contributed by atoms with Crippen molar-refractivity contribution >= 4 is 54.6 Å². The SMILES string of the molecule is Cc1ccc(NS(=O)(=O)c2ccc(NC(=O)c3ccc(N(Cc4ccc(Cl)cc4)S(C)(=O)=O)cc3)cc2)c(C)c1. The van der Waals surface area contributed by atoms with Gasteiger partial charge in [-0.1, -0.05) is 41.4 Å². The van der Waals surface area contributed by atoms with E-state index in [0.717, 1.165) is 22.9 Å². The number of rotatable bonds is 9. The monoisotopic (exact) mass is 597 g/mol. The average molecular weight is 598 g/mol. The predicted molar refractivity (Wildman–Crippen MR) is 160 cm³/mol. The Morgan fingerprint density at radius 3 is 2.02 bits per heavy atom. The molecule has 40 heavy (non-hydrogen) atoms. The lowest BCUT2D eigenvalue weighted by Crippen LogP contribution is -2.29. The van der Waals surface area contributed by atoms with Crippen LogP contribution in [0.3, 0.4) is 0 Å². The molecule has 0 aliphatic heterocycles. The van der Waals surface area contributed by atoms with Crippen LogP contribution in [0, 0.1) is 13.8 Å². The predicted octanol–water partition coefficient (Wildman–Crippen LogP) is 5.98. The Morgan fingerprint density at radius 2 is 1.45 bits per heavy atom. The fraction of sp³-hybridized carbons (Fsp3) is 0.138. The molecule has 0 bridgehead atoms. The van der Waals surface area contributed by atoms with Gasteiger partial charge in [0.15, 0.2) is 0 Å². The molecule has 4 rings (SSSR count). The fourth-order valence-corrected chi connectivity index (χ4v) is 6.13. The summed E-state index contributed by atoms with van der Waals surface area (Å²) in [6.07, 6.45) is 1.12. The Kier molecular flexibility index (Phi) is 8.53. The summed E-state index contributed by atoms with van der Waals surface area (Å²) in [7, 11) is -7.42. The average Bonchev–Trinajstić information content (AvgIpc) is 2.90. The van der Waals surface area contributed by atoms with Crippen LogP contribution in [0.4, 0.5) is 17.1 Å². The van der Waals surface area contributed by atoms with E-state index < -0.39 is 26.0 Å². The highest BCUT2D eigenvalue weighted by Crippen LogP contribution is 2.24. The first-order valence-corrected chi connectivity index (χ1v) is 15.9. The summed E-state index contributed by atoms with van der Waals surface area (Å²) in [5, 5.41) is 3.28. The van der Waals surface area contributed by atoms with Gasteiger partial charge in [-0.3, -0.25) is 13.8 Å². The van der Waals surface area contributed by atoms with Crippen LogP contribution in [0.1, 0.15) is 27.0 Å². The van der Waals surface area contributed by atoms with Crippen molar-refractivity contribution in [2.45, 2.75) is 25.3 Å². The molecule has 4 aromatic carbocycles. The number of amides is 1. The second-order valence-electron chi connectivity index (χ2n) is 9.35. The molecule has 0 atom stereocenters. The summed E-state index contributed by atoms with van der Waals surface area (Å²) in [6, 6.07) is 24.3. The molecule has 2 N–H and O–H groups in total. The van der Waals surface area contributed by atoms with Gasteiger partial charge in [0.05, 0.1) is 29.1 Å². The third kappa shape index (κ3) is 7.20. The van der Waals surface area contributed by atoms with Crippen LogP contribution in [0.5, 0.6) is 0 Å². The Hall–Kier alpha value is -3.86. The standard InChI is InChI=1S/C29H28ClN3O5S2/c1-20-4-17-28(21(2)18-20)32-40(37,38)27-15-11-25(12-16-27)31-29(34)23-7-13-26(14-8-23)33(39(3,35)36)19-22-5-9-24(30)10-6-22/h4-18,32H,19H2,1-3H3,(H,31,34). The lowest BCUT2D eigenvalue weighted by atomic mass is 10.1. The lowest BCUT2D eigenvalue weighted by Gasteiger charge is -2.23. The number of hydrogen-bond donors (Lipinski definition) is 2. The molecule has 8 nitrogen and oxygen atoms in total. The molecule has 0 unspecified atom stereocenters. The highest BCUT2D eigenvalue weighted by atomic mass is 35.5. The Labute approximate surface area is 239 Å². The first-order chi connectivity index (χ1) is 18.8. The van der Waals surface area contributed by atoms with Crippen molar-refractivity contribution in [3.63, 3.8) is 0 Å². The summed E-state index contributed by atoms with van der Waals surface area (Å²) in [4.78, 5) is 12.9. The number of nitrogens with zero attached hydrogens (tertiary/aromatic N) is 1. The zero-order chi connectivity index (χ0) is 29.1. The van der Waals surface area contributed by atoms with E-state index in [-0.39, 0.29) is 11.4 Å². The van der Waals surface area contributed by atoms with Crippen LogP contribution < -0.4 is 14.3 Å². The van der Waals surface area contributed by atoms with E-state index in [4.69, 9.17) is 11.6 Å². The molecule has 4 aromatic rings. The Bertz CT molecular complexity index is 1740. The number of halogens is 1. The zero-order valence-corrected chi connectivity index (χ0v) is 24.4. The van der Waals surface area contributed by atoms with Gasteiger partial charge >= 0.3 is 0 Å². The van der Waals surface area contributed by atoms with E-state index in [1.807, 2.05) is 26.0 Å². The number of aryl methyl sites for hydroxylation is 2. The molecule has 0 heterocycles. The summed E-state index contributed by atoms with van der Waals surface area (Å²) >= 11 is 5.93. The smallest absolute Gasteiger partial charge is 0.261 e. The van der Waals surface area contributed by atoms with Crippen molar-refractivity contribution in [2.75, 3.05) is 20.6 Å². The maximum absolute atomic E-state index is 12.8. The first-order valence-electron chi connectivity index (χ1n) is 12.2. The minimum absolute atomic E-state index is 0.0522. The van der Waals surface area contributed by atoms with Gasteiger partial charge in [-0.25, -0.2) is 16.8 Å². The minimum atomic E-state index is -3.82. The van der Waals surface area contributed by atoms with Gasteiger partial charge in [-0.05, 0) is 91.7 Å². The molecule has 0 spiro atoms. The summed E-state index contributed by atoms with van der Waals surface area (Å²) in [5.41, 5.74) is 4.20. The highest BCUT2D eigenvalue weighted by molar-refractivity contribution is 7.92. The molecule has 0 aromatic heterocycles. The number of nitrogens with one attached hydrogen (secondary N) is 2. The summed E-state index contributed by atoms with van der Waals surface area (Å²) < 4.78 is 54.4. The largest absolute Gasteiger partial charge is 0.322 e. The van der Waals surface area contributed by atoms with Crippen molar-refractivity contribution < 1.29 is 21.6 Å². The molecule has 1 amide bonds. The van der Waals surface area contributed by atoms with E-state index in [1.165, 1.54) is 40.7 Å². The van der Waals surface area contributed by atoms with Gasteiger partial charge in [0.1, 0.15) is 0 Å². The van der Waals surface area contributed by atoms with Gasteiger partial charge < -0.3 is 5.32 Å². The first kappa shape index (κ1) is 29.1. The molecular weight excluding hydrogens is 570 g/mol. The molecule has 0 aliphatic carbocycles. The van der Waals surface area contributed by atoms with Gasteiger partial charge in [0.2, 0.25) is 10.0 Å². The Balaban J connectivity index is 1.45. The van der Waals surface area contributed by atoms with E-state index in [2.05, 4.69) is 10.0 Å². The summed E-state index contributed by atoms with van der Waals surface area (Å²) in [6.45, 7) is 3.86. The second kappa shape index (κ2) is 11.7. The zero-order valence-electron chi connectivity index (χ0n) is 22.1. The third-order valence-electron chi connectivity index (χ3n) is 6.11. The second-order valence-corrected chi connectivity index (χ2v) is 13.4. The minimum Gasteiger partial charge on any atom is -0.322 e. The number of benzene rings is 4. The Morgan fingerprint density at radius 1 is 0.825 bits per heavy atom. The number of carbonyl (C=O) groups excluding carboxylic acids is 1. The van der Waals surface area contributed by atoms with Crippen molar-refractivity contribution in [2.24, 2.45) is 0 Å². The van der Waals surface area contributed by atoms with Crippen LogP contribution in [-0.2, 0) is 26.6 Å². The molecule has 0 saturated carbocycles. The van der Waals surface area contributed by atoms with E-state index in [1.54, 1.807) is 42.5 Å². The van der Waals surface area contributed by atoms with Gasteiger partial charge in [-0.2, -0.15) is 0 Å². The number of sulfonamides is 2. The third-order valence-corrected chi connectivity index (χ3v) is 8.88. The summed E-state index contributed by atoms with van der Waals surface area (Å²) in [5.74, 6) is -0.431. The van der Waals surface area contributed by atoms with Crippen molar-refractivity contribution in [1.82, 2.24) is 0 Å². The van der Waals surface area contributed by atoms with Crippen LogP contribution >= 0.6 is 11.6 Å². The highest BCUT2D eigenvalue weighted by Gasteiger charge is 2.19. The van der Waals surface area contributed by atoms with Crippen LogP contribution in [0.25, 0.3) is 0 Å². The van der Waals surface area contributed by atoms with Gasteiger partial charge in [-0.15, -0.1) is 0 Å². The topological polar surface area (TPSA) is 113 Å². The molecule has 11 heteroatoms. The normalized spacial score (nSPS) is 11.6. The number of anilines is 3. The van der Waals surface area contributed by atoms with E-state index >= 15 is 0 Å². The molecule has 0 saturated heterocycles. The van der Waals surface area contributed by atoms with Crippen LogP contribution in [-0.4, -0.2) is 29.0 Å². The lowest BCUT2D eigenvalue weighted by molar-refractivity contribution is 0.102.